The molecular formula is C11H11O4S. The lowest BCUT2D eigenvalue weighted by molar-refractivity contribution is -0.138. The molecule has 0 spiro atoms. The van der Waals surface area contributed by atoms with Gasteiger partial charge in [0.15, 0.2) is 9.84 Å². The number of aliphatic carboxylic acids is 1. The Balaban J connectivity index is 2.09. The molecule has 2 rings (SSSR count). The second-order valence-electron chi connectivity index (χ2n) is 3.83. The Labute approximate surface area is 93.8 Å². The molecule has 1 aromatic rings. The summed E-state index contributed by atoms with van der Waals surface area (Å²) in [4.78, 5) is 10.8. The highest BCUT2D eigenvalue weighted by Gasteiger charge is 2.46. The lowest BCUT2D eigenvalue weighted by atomic mass is 10.3. The summed E-state index contributed by atoms with van der Waals surface area (Å²) in [5, 5.41) is 8.68. The second-order valence-corrected chi connectivity index (χ2v) is 5.81. The van der Waals surface area contributed by atoms with E-state index in [4.69, 9.17) is 5.11 Å². The highest BCUT2D eigenvalue weighted by Crippen LogP contribution is 2.42. The van der Waals surface area contributed by atoms with Crippen molar-refractivity contribution in [3.8, 4) is 0 Å². The first-order valence-electron chi connectivity index (χ1n) is 4.86. The first kappa shape index (κ1) is 11.1. The maximum absolute atomic E-state index is 11.8. The third-order valence-corrected chi connectivity index (χ3v) is 4.32. The molecule has 0 heterocycles. The van der Waals surface area contributed by atoms with Crippen LogP contribution in [0.3, 0.4) is 0 Å². The molecule has 1 unspecified atom stereocenters. The maximum Gasteiger partial charge on any atom is 0.307 e. The van der Waals surface area contributed by atoms with Crippen LogP contribution in [0.5, 0.6) is 0 Å². The predicted octanol–water partition coefficient (Wildman–Crippen LogP) is 1.14. The Morgan fingerprint density at radius 3 is 2.44 bits per heavy atom. The zero-order chi connectivity index (χ0) is 11.8. The van der Waals surface area contributed by atoms with Crippen molar-refractivity contribution in [2.45, 2.75) is 11.3 Å². The monoisotopic (exact) mass is 239 g/mol. The Hall–Kier alpha value is -1.36. The van der Waals surface area contributed by atoms with Gasteiger partial charge in [0.25, 0.3) is 0 Å². The molecule has 16 heavy (non-hydrogen) atoms. The van der Waals surface area contributed by atoms with Crippen LogP contribution in [-0.2, 0) is 14.6 Å². The van der Waals surface area contributed by atoms with Crippen LogP contribution in [0.1, 0.15) is 6.42 Å². The predicted molar refractivity (Wildman–Crippen MR) is 57.5 cm³/mol. The minimum absolute atomic E-state index is 0.145. The number of benzene rings is 1. The molecule has 1 saturated carbocycles. The molecule has 4 nitrogen and oxygen atoms in total. The molecule has 0 aromatic heterocycles. The molecule has 85 valence electrons. The zero-order valence-corrected chi connectivity index (χ0v) is 9.28. The van der Waals surface area contributed by atoms with Crippen LogP contribution < -0.4 is 0 Å². The zero-order valence-electron chi connectivity index (χ0n) is 8.46. The summed E-state index contributed by atoms with van der Waals surface area (Å²) in [5.41, 5.74) is 0. The molecular weight excluding hydrogens is 228 g/mol. The van der Waals surface area contributed by atoms with Crippen LogP contribution in [0.2, 0.25) is 0 Å². The van der Waals surface area contributed by atoms with Crippen molar-refractivity contribution in [1.82, 2.24) is 0 Å². The number of hydrogen-bond acceptors (Lipinski definition) is 3. The highest BCUT2D eigenvalue weighted by atomic mass is 32.2. The molecule has 1 fully saturated rings. The molecule has 0 saturated heterocycles. The molecule has 1 N–H and O–H groups in total. The third kappa shape index (κ3) is 2.24. The van der Waals surface area contributed by atoms with Crippen LogP contribution in [-0.4, -0.2) is 25.2 Å². The molecule has 1 aromatic carbocycles. The van der Waals surface area contributed by atoms with Gasteiger partial charge in [0.2, 0.25) is 0 Å². The molecule has 0 bridgehead atoms. The van der Waals surface area contributed by atoms with E-state index in [0.29, 0.717) is 12.3 Å². The molecule has 1 aliphatic rings. The summed E-state index contributed by atoms with van der Waals surface area (Å²) < 4.78 is 23.7. The molecule has 0 amide bonds. The number of carboxylic acid groups (broad SMARTS) is 1. The number of carboxylic acids is 1. The van der Waals surface area contributed by atoms with Gasteiger partial charge in [-0.15, -0.1) is 0 Å². The molecule has 0 aliphatic heterocycles. The summed E-state index contributed by atoms with van der Waals surface area (Å²) in [6.07, 6.45) is 0.390. The summed E-state index contributed by atoms with van der Waals surface area (Å²) >= 11 is 0. The van der Waals surface area contributed by atoms with Crippen LogP contribution in [0.15, 0.2) is 35.2 Å². The van der Waals surface area contributed by atoms with E-state index >= 15 is 0 Å². The van der Waals surface area contributed by atoms with Crippen molar-refractivity contribution < 1.29 is 18.3 Å². The van der Waals surface area contributed by atoms with Crippen LogP contribution in [0.25, 0.3) is 0 Å². The normalized spacial score (nSPS) is 20.6. The molecule has 1 radical (unpaired) electrons. The van der Waals surface area contributed by atoms with Gasteiger partial charge in [-0.1, -0.05) is 18.2 Å². The lowest BCUT2D eigenvalue weighted by Gasteiger charge is -2.02. The van der Waals surface area contributed by atoms with Gasteiger partial charge in [0.1, 0.15) is 0 Å². The van der Waals surface area contributed by atoms with Gasteiger partial charge in [-0.05, 0) is 18.6 Å². The number of rotatable bonds is 4. The van der Waals surface area contributed by atoms with Crippen molar-refractivity contribution >= 4 is 15.8 Å². The average Bonchev–Trinajstić information content (AvgIpc) is 2.98. The Bertz CT molecular complexity index is 492. The van der Waals surface area contributed by atoms with Crippen molar-refractivity contribution in [3.63, 3.8) is 0 Å². The Morgan fingerprint density at radius 2 is 1.94 bits per heavy atom. The third-order valence-electron chi connectivity index (χ3n) is 2.57. The Kier molecular flexibility index (Phi) is 2.71. The number of hydrogen-bond donors (Lipinski definition) is 1. The average molecular weight is 239 g/mol. The van der Waals surface area contributed by atoms with Crippen molar-refractivity contribution in [3.05, 3.63) is 36.2 Å². The number of carbonyl (C=O) groups is 1. The smallest absolute Gasteiger partial charge is 0.307 e. The first-order chi connectivity index (χ1) is 7.50. The van der Waals surface area contributed by atoms with E-state index in [0.717, 1.165) is 0 Å². The second kappa shape index (κ2) is 3.90. The molecule has 1 atom stereocenters. The van der Waals surface area contributed by atoms with Gasteiger partial charge in [-0.25, -0.2) is 8.42 Å². The van der Waals surface area contributed by atoms with E-state index in [2.05, 4.69) is 0 Å². The van der Waals surface area contributed by atoms with Crippen LogP contribution in [0.4, 0.5) is 0 Å². The fourth-order valence-electron chi connectivity index (χ4n) is 1.58. The largest absolute Gasteiger partial charge is 0.481 e. The highest BCUT2D eigenvalue weighted by molar-refractivity contribution is 7.91. The van der Waals surface area contributed by atoms with Crippen molar-refractivity contribution in [1.29, 1.82) is 0 Å². The first-order valence-corrected chi connectivity index (χ1v) is 6.51. The van der Waals surface area contributed by atoms with Gasteiger partial charge in [0.05, 0.1) is 16.6 Å². The summed E-state index contributed by atoms with van der Waals surface area (Å²) in [5.74, 6) is -1.04. The van der Waals surface area contributed by atoms with E-state index in [1.807, 2.05) is 0 Å². The van der Waals surface area contributed by atoms with Gasteiger partial charge >= 0.3 is 5.97 Å². The van der Waals surface area contributed by atoms with E-state index in [1.165, 1.54) is 12.1 Å². The van der Waals surface area contributed by atoms with Crippen molar-refractivity contribution in [2.24, 2.45) is 5.92 Å². The number of sulfone groups is 1. The molecule has 1 aliphatic carbocycles. The fourth-order valence-corrected chi connectivity index (χ4v) is 3.13. The van der Waals surface area contributed by atoms with Gasteiger partial charge in [-0.3, -0.25) is 4.79 Å². The van der Waals surface area contributed by atoms with Gasteiger partial charge in [-0.2, -0.15) is 0 Å². The summed E-state index contributed by atoms with van der Waals surface area (Å²) in [6.45, 7) is 0. The van der Waals surface area contributed by atoms with E-state index in [1.54, 1.807) is 18.2 Å². The van der Waals surface area contributed by atoms with Crippen LogP contribution >= 0.6 is 0 Å². The maximum atomic E-state index is 11.8. The van der Waals surface area contributed by atoms with Gasteiger partial charge < -0.3 is 5.11 Å². The summed E-state index contributed by atoms with van der Waals surface area (Å²) in [6, 6.07) is 8.09. The SMILES string of the molecule is O=C(O)C1C[C]1CS(=O)(=O)c1ccccc1. The fraction of sp³-hybridized carbons (Fsp3) is 0.273. The van der Waals surface area contributed by atoms with E-state index in [9.17, 15) is 13.2 Å². The quantitative estimate of drug-likeness (QED) is 0.855. The molecule has 5 heteroatoms. The van der Waals surface area contributed by atoms with Crippen LogP contribution in [0, 0.1) is 11.8 Å². The van der Waals surface area contributed by atoms with Gasteiger partial charge in [0, 0.05) is 5.92 Å². The topological polar surface area (TPSA) is 71.4 Å². The minimum atomic E-state index is -3.36. The Morgan fingerprint density at radius 1 is 1.31 bits per heavy atom. The minimum Gasteiger partial charge on any atom is -0.481 e. The van der Waals surface area contributed by atoms with E-state index < -0.39 is 21.7 Å². The summed E-state index contributed by atoms with van der Waals surface area (Å²) in [7, 11) is -3.36. The lowest BCUT2D eigenvalue weighted by Crippen LogP contribution is -2.10. The van der Waals surface area contributed by atoms with Crippen molar-refractivity contribution in [2.75, 3.05) is 5.75 Å². The van der Waals surface area contributed by atoms with E-state index in [-0.39, 0.29) is 10.6 Å². The standard InChI is InChI=1S/C11H11O4S/c12-11(13)10-6-8(10)7-16(14,15)9-4-2-1-3-5-9/h1-5,10H,6-7H2,(H,12,13).